The van der Waals surface area contributed by atoms with Crippen molar-refractivity contribution in [3.05, 3.63) is 82.9 Å². The van der Waals surface area contributed by atoms with Gasteiger partial charge in [-0.2, -0.15) is 0 Å². The maximum absolute atomic E-state index is 13.0. The van der Waals surface area contributed by atoms with Crippen LogP contribution in [0.15, 0.2) is 71.7 Å². The first kappa shape index (κ1) is 25.8. The summed E-state index contributed by atoms with van der Waals surface area (Å²) in [5, 5.41) is 12.2. The fourth-order valence-electron chi connectivity index (χ4n) is 4.74. The van der Waals surface area contributed by atoms with E-state index in [1.54, 1.807) is 30.1 Å². The molecule has 0 saturated carbocycles. The molecule has 2 heterocycles. The lowest BCUT2D eigenvalue weighted by Crippen LogP contribution is -2.48. The van der Waals surface area contributed by atoms with Gasteiger partial charge in [-0.25, -0.2) is 4.99 Å². The predicted molar refractivity (Wildman–Crippen MR) is 155 cm³/mol. The molecule has 0 atom stereocenters. The van der Waals surface area contributed by atoms with Gasteiger partial charge in [0.1, 0.15) is 0 Å². The number of halogens is 1. The molecule has 8 nitrogen and oxygen atoms in total. The fraction of sp³-hybridized carbons (Fsp3) is 0.241. The molecular formula is C29H31ClN6O2. The quantitative estimate of drug-likeness (QED) is 0.252. The summed E-state index contributed by atoms with van der Waals surface area (Å²) in [6.45, 7) is 4.00. The summed E-state index contributed by atoms with van der Waals surface area (Å²) in [6.07, 6.45) is 0. The summed E-state index contributed by atoms with van der Waals surface area (Å²) >= 11 is 6.17. The minimum Gasteiger partial charge on any atom is -0.494 e. The number of rotatable bonds is 6. The number of hydrogen-bond donors (Lipinski definition) is 3. The van der Waals surface area contributed by atoms with Gasteiger partial charge in [0.05, 0.1) is 40.4 Å². The van der Waals surface area contributed by atoms with E-state index in [1.807, 2.05) is 48.5 Å². The molecule has 38 heavy (non-hydrogen) atoms. The number of benzene rings is 3. The number of piperazine rings is 1. The lowest BCUT2D eigenvalue weighted by molar-refractivity contribution is -0.119. The third-order valence-electron chi connectivity index (χ3n) is 6.97. The topological polar surface area (TPSA) is 101 Å². The number of fused-ring (bicyclic) bond motifs is 1. The van der Waals surface area contributed by atoms with Crippen molar-refractivity contribution in [2.45, 2.75) is 0 Å². The molecule has 1 aliphatic rings. The van der Waals surface area contributed by atoms with Crippen molar-refractivity contribution in [3.63, 3.8) is 0 Å². The van der Waals surface area contributed by atoms with Crippen LogP contribution in [0.4, 0.5) is 17.1 Å². The van der Waals surface area contributed by atoms with Crippen LogP contribution in [0.3, 0.4) is 0 Å². The molecule has 0 aliphatic carbocycles. The Morgan fingerprint density at radius 2 is 1.82 bits per heavy atom. The van der Waals surface area contributed by atoms with Crippen LogP contribution >= 0.6 is 11.6 Å². The van der Waals surface area contributed by atoms with Gasteiger partial charge < -0.3 is 25.6 Å². The average molecular weight is 531 g/mol. The van der Waals surface area contributed by atoms with E-state index < -0.39 is 0 Å². The maximum Gasteiger partial charge on any atom is 0.240 e. The highest BCUT2D eigenvalue weighted by atomic mass is 35.5. The van der Waals surface area contributed by atoms with E-state index in [9.17, 15) is 9.90 Å². The van der Waals surface area contributed by atoms with E-state index in [0.29, 0.717) is 45.4 Å². The summed E-state index contributed by atoms with van der Waals surface area (Å²) in [5.41, 5.74) is 10.8. The highest BCUT2D eigenvalue weighted by Gasteiger charge is 2.22. The molecule has 4 N–H and O–H groups in total. The molecule has 9 heteroatoms. The lowest BCUT2D eigenvalue weighted by Gasteiger charge is -2.33. The predicted octanol–water partition coefficient (Wildman–Crippen LogP) is 4.49. The Morgan fingerprint density at radius 1 is 1.08 bits per heavy atom. The van der Waals surface area contributed by atoms with E-state index in [4.69, 9.17) is 22.3 Å². The van der Waals surface area contributed by atoms with Crippen molar-refractivity contribution in [2.24, 2.45) is 4.99 Å². The van der Waals surface area contributed by atoms with E-state index >= 15 is 0 Å². The van der Waals surface area contributed by atoms with Crippen LogP contribution in [-0.2, 0) is 4.79 Å². The van der Waals surface area contributed by atoms with Gasteiger partial charge in [0.15, 0.2) is 5.88 Å². The molecule has 196 valence electrons. The van der Waals surface area contributed by atoms with Gasteiger partial charge in [0.25, 0.3) is 0 Å². The Morgan fingerprint density at radius 3 is 2.53 bits per heavy atom. The minimum atomic E-state index is -0.00939. The van der Waals surface area contributed by atoms with Crippen LogP contribution < -0.4 is 10.6 Å². The number of aliphatic imine (C=N–C) groups is 1. The number of nitrogens with zero attached hydrogens (tertiary/aromatic N) is 4. The number of nitrogens with two attached hydrogens (primary N) is 1. The summed E-state index contributed by atoms with van der Waals surface area (Å²) in [5.74, 6) is -0.00597. The number of nitrogen functional groups attached to an aromatic ring is 1. The van der Waals surface area contributed by atoms with E-state index in [1.165, 1.54) is 0 Å². The second-order valence-corrected chi connectivity index (χ2v) is 10.1. The van der Waals surface area contributed by atoms with Crippen molar-refractivity contribution in [1.29, 1.82) is 0 Å². The first-order chi connectivity index (χ1) is 18.3. The summed E-state index contributed by atoms with van der Waals surface area (Å²) in [4.78, 5) is 26.9. The van der Waals surface area contributed by atoms with Gasteiger partial charge >= 0.3 is 0 Å². The van der Waals surface area contributed by atoms with Gasteiger partial charge in [-0.1, -0.05) is 48.0 Å². The first-order valence-corrected chi connectivity index (χ1v) is 12.9. The molecular weight excluding hydrogens is 500 g/mol. The zero-order chi connectivity index (χ0) is 26.8. The monoisotopic (exact) mass is 530 g/mol. The Labute approximate surface area is 226 Å². The van der Waals surface area contributed by atoms with E-state index in [-0.39, 0.29) is 11.8 Å². The molecule has 3 aromatic carbocycles. The average Bonchev–Trinajstić information content (AvgIpc) is 3.23. The van der Waals surface area contributed by atoms with Crippen LogP contribution in [-0.4, -0.2) is 78.3 Å². The number of anilines is 2. The number of carbonyl (C=O) groups excluding carboxylic acids is 1. The number of nitrogens with one attached hydrogen (secondary N) is 1. The number of aromatic nitrogens is 1. The van der Waals surface area contributed by atoms with Crippen LogP contribution in [0.2, 0.25) is 5.02 Å². The Kier molecular flexibility index (Phi) is 7.37. The molecule has 0 unspecified atom stereocenters. The van der Waals surface area contributed by atoms with Crippen molar-refractivity contribution in [3.8, 4) is 5.88 Å². The Bertz CT molecular complexity index is 1490. The Hall–Kier alpha value is -3.85. The number of aromatic hydroxyl groups is 1. The van der Waals surface area contributed by atoms with E-state index in [2.05, 4.69) is 21.8 Å². The zero-order valence-electron chi connectivity index (χ0n) is 21.5. The maximum atomic E-state index is 13.0. The molecule has 1 amide bonds. The molecule has 1 aliphatic heterocycles. The standard InChI is InChI=1S/C29H31ClN6O2/c1-34-12-14-36(15-13-34)18-26(37)35(2)25-11-9-21(17-23(25)31)32-28(19-6-4-3-5-7-19)27-22-10-8-20(30)16-24(22)33-29(27)38/h3-11,16-17,33,38H,12-15,18,31H2,1-2H3. The van der Waals surface area contributed by atoms with Gasteiger partial charge in [-0.3, -0.25) is 9.69 Å². The number of H-pyrrole nitrogens is 1. The summed E-state index contributed by atoms with van der Waals surface area (Å²) in [7, 11) is 3.84. The number of amides is 1. The van der Waals surface area contributed by atoms with Crippen molar-refractivity contribution in [2.75, 3.05) is 57.5 Å². The van der Waals surface area contributed by atoms with Gasteiger partial charge in [-0.15, -0.1) is 0 Å². The molecule has 1 saturated heterocycles. The van der Waals surface area contributed by atoms with Crippen molar-refractivity contribution < 1.29 is 9.90 Å². The first-order valence-electron chi connectivity index (χ1n) is 12.5. The number of aromatic amines is 1. The third-order valence-corrected chi connectivity index (χ3v) is 7.20. The van der Waals surface area contributed by atoms with Gasteiger partial charge in [0.2, 0.25) is 5.91 Å². The molecule has 1 fully saturated rings. The lowest BCUT2D eigenvalue weighted by atomic mass is 10.0. The highest BCUT2D eigenvalue weighted by molar-refractivity contribution is 6.31. The van der Waals surface area contributed by atoms with Crippen molar-refractivity contribution in [1.82, 2.24) is 14.8 Å². The number of carbonyl (C=O) groups is 1. The zero-order valence-corrected chi connectivity index (χ0v) is 22.2. The minimum absolute atomic E-state index is 0.00342. The SMILES string of the molecule is CN1CCN(CC(=O)N(C)c2ccc(N=C(c3ccccc3)c3c(O)[nH]c4cc(Cl)ccc34)cc2N)CC1. The molecule has 1 aromatic heterocycles. The summed E-state index contributed by atoms with van der Waals surface area (Å²) < 4.78 is 0. The fourth-order valence-corrected chi connectivity index (χ4v) is 4.91. The number of hydrogen-bond acceptors (Lipinski definition) is 6. The third kappa shape index (κ3) is 5.38. The van der Waals surface area contributed by atoms with Crippen molar-refractivity contribution >= 4 is 51.2 Å². The van der Waals surface area contributed by atoms with Crippen LogP contribution in [0, 0.1) is 0 Å². The molecule has 0 spiro atoms. The van der Waals surface area contributed by atoms with Gasteiger partial charge in [-0.05, 0) is 37.4 Å². The van der Waals surface area contributed by atoms with Crippen LogP contribution in [0.5, 0.6) is 5.88 Å². The number of likely N-dealkylation sites (N-methyl/N-ethyl adjacent to an activating group) is 2. The molecule has 4 aromatic rings. The largest absolute Gasteiger partial charge is 0.494 e. The second-order valence-electron chi connectivity index (χ2n) is 9.64. The van der Waals surface area contributed by atoms with Crippen LogP contribution in [0.1, 0.15) is 11.1 Å². The van der Waals surface area contributed by atoms with Crippen LogP contribution in [0.25, 0.3) is 10.9 Å². The highest BCUT2D eigenvalue weighted by Crippen LogP contribution is 2.34. The van der Waals surface area contributed by atoms with E-state index in [0.717, 1.165) is 37.1 Å². The van der Waals surface area contributed by atoms with Gasteiger partial charge in [0, 0.05) is 49.2 Å². The molecule has 0 radical (unpaired) electrons. The molecule has 0 bridgehead atoms. The summed E-state index contributed by atoms with van der Waals surface area (Å²) in [6, 6.07) is 20.5. The molecule has 5 rings (SSSR count). The smallest absolute Gasteiger partial charge is 0.240 e. The Balaban J connectivity index is 1.47. The second kappa shape index (κ2) is 10.9. The normalized spacial score (nSPS) is 15.2.